The first kappa shape index (κ1) is 11.9. The van der Waals surface area contributed by atoms with Crippen LogP contribution in [0.25, 0.3) is 0 Å². The van der Waals surface area contributed by atoms with Crippen LogP contribution in [0.2, 0.25) is 0 Å². The lowest BCUT2D eigenvalue weighted by Gasteiger charge is -2.30. The molecule has 2 fully saturated rings. The Labute approximate surface area is 98.4 Å². The van der Waals surface area contributed by atoms with Crippen molar-refractivity contribution in [2.24, 2.45) is 17.6 Å². The minimum Gasteiger partial charge on any atom is -0.341 e. The highest BCUT2D eigenvalue weighted by molar-refractivity contribution is 5.83. The Morgan fingerprint density at radius 1 is 1.19 bits per heavy atom. The lowest BCUT2D eigenvalue weighted by molar-refractivity contribution is -0.129. The van der Waals surface area contributed by atoms with Crippen molar-refractivity contribution >= 4 is 5.91 Å². The van der Waals surface area contributed by atoms with Gasteiger partial charge in [-0.3, -0.25) is 4.79 Å². The Morgan fingerprint density at radius 3 is 2.31 bits per heavy atom. The quantitative estimate of drug-likeness (QED) is 0.794. The van der Waals surface area contributed by atoms with Crippen molar-refractivity contribution in [1.29, 1.82) is 0 Å². The number of carbonyl (C=O) groups is 1. The molecule has 1 amide bonds. The lowest BCUT2D eigenvalue weighted by Crippen LogP contribution is -2.37. The molecule has 0 spiro atoms. The first-order chi connectivity index (χ1) is 7.70. The maximum Gasteiger partial charge on any atom is 0.239 e. The lowest BCUT2D eigenvalue weighted by atomic mass is 9.81. The van der Waals surface area contributed by atoms with E-state index in [4.69, 9.17) is 5.73 Å². The highest BCUT2D eigenvalue weighted by Crippen LogP contribution is 2.31. The van der Waals surface area contributed by atoms with Crippen molar-refractivity contribution in [2.75, 3.05) is 13.1 Å². The topological polar surface area (TPSA) is 46.3 Å². The monoisotopic (exact) mass is 224 g/mol. The predicted molar refractivity (Wildman–Crippen MR) is 64.9 cm³/mol. The zero-order valence-corrected chi connectivity index (χ0v) is 10.3. The smallest absolute Gasteiger partial charge is 0.239 e. The fourth-order valence-corrected chi connectivity index (χ4v) is 3.08. The van der Waals surface area contributed by atoms with E-state index in [2.05, 4.69) is 6.92 Å². The van der Waals surface area contributed by atoms with Gasteiger partial charge in [0.25, 0.3) is 0 Å². The maximum absolute atomic E-state index is 11.7. The molecule has 0 aromatic heterocycles. The van der Waals surface area contributed by atoms with Crippen LogP contribution in [0.5, 0.6) is 0 Å². The molecule has 1 aliphatic heterocycles. The van der Waals surface area contributed by atoms with E-state index in [0.29, 0.717) is 0 Å². The van der Waals surface area contributed by atoms with Gasteiger partial charge in [0.05, 0.1) is 6.04 Å². The Hall–Kier alpha value is -0.570. The molecule has 2 N–H and O–H groups in total. The summed E-state index contributed by atoms with van der Waals surface area (Å²) in [5.74, 6) is 1.85. The summed E-state index contributed by atoms with van der Waals surface area (Å²) in [5.41, 5.74) is 5.73. The van der Waals surface area contributed by atoms with Crippen LogP contribution in [-0.4, -0.2) is 29.9 Å². The van der Waals surface area contributed by atoms with Crippen molar-refractivity contribution in [2.45, 2.75) is 51.5 Å². The largest absolute Gasteiger partial charge is 0.341 e. The summed E-state index contributed by atoms with van der Waals surface area (Å²) >= 11 is 0. The summed E-state index contributed by atoms with van der Waals surface area (Å²) in [5, 5.41) is 0. The molecule has 0 aromatic rings. The molecule has 16 heavy (non-hydrogen) atoms. The minimum atomic E-state index is -0.216. The van der Waals surface area contributed by atoms with Crippen LogP contribution in [0.15, 0.2) is 0 Å². The molecule has 0 radical (unpaired) electrons. The van der Waals surface area contributed by atoms with Gasteiger partial charge in [-0.2, -0.15) is 0 Å². The number of amides is 1. The van der Waals surface area contributed by atoms with Crippen LogP contribution in [-0.2, 0) is 4.79 Å². The molecular formula is C13H24N2O. The van der Waals surface area contributed by atoms with Crippen molar-refractivity contribution in [3.63, 3.8) is 0 Å². The van der Waals surface area contributed by atoms with E-state index in [1.54, 1.807) is 0 Å². The van der Waals surface area contributed by atoms with Gasteiger partial charge in [-0.1, -0.05) is 26.2 Å². The molecule has 1 atom stereocenters. The normalized spacial score (nSPS) is 35.8. The highest BCUT2D eigenvalue weighted by atomic mass is 16.2. The zero-order chi connectivity index (χ0) is 11.5. The van der Waals surface area contributed by atoms with Crippen molar-refractivity contribution in [1.82, 2.24) is 4.90 Å². The van der Waals surface area contributed by atoms with Crippen LogP contribution < -0.4 is 5.73 Å². The van der Waals surface area contributed by atoms with Crippen LogP contribution in [0.1, 0.15) is 45.4 Å². The second kappa shape index (κ2) is 5.17. The van der Waals surface area contributed by atoms with E-state index < -0.39 is 0 Å². The van der Waals surface area contributed by atoms with E-state index in [-0.39, 0.29) is 11.9 Å². The average Bonchev–Trinajstić information content (AvgIpc) is 2.62. The highest BCUT2D eigenvalue weighted by Gasteiger charge is 2.31. The molecule has 2 aliphatic rings. The fraction of sp³-hybridized carbons (Fsp3) is 0.923. The molecule has 1 aliphatic carbocycles. The summed E-state index contributed by atoms with van der Waals surface area (Å²) < 4.78 is 0. The first-order valence-corrected chi connectivity index (χ1v) is 6.75. The summed E-state index contributed by atoms with van der Waals surface area (Å²) in [6.07, 6.45) is 7.49. The van der Waals surface area contributed by atoms with Gasteiger partial charge in [-0.25, -0.2) is 0 Å². The molecule has 1 heterocycles. The Bertz CT molecular complexity index is 246. The molecular weight excluding hydrogens is 200 g/mol. The standard InChI is InChI=1S/C13H24N2O/c1-2-10-3-5-11(6-4-10)9-15-8-7-12(14)13(15)16/h10-12H,2-9,14H2,1H3. The Kier molecular flexibility index (Phi) is 3.85. The molecule has 1 saturated heterocycles. The summed E-state index contributed by atoms with van der Waals surface area (Å²) in [6.45, 7) is 4.13. The summed E-state index contributed by atoms with van der Waals surface area (Å²) in [4.78, 5) is 13.7. The summed E-state index contributed by atoms with van der Waals surface area (Å²) in [6, 6.07) is -0.216. The number of hydrogen-bond donors (Lipinski definition) is 1. The summed E-state index contributed by atoms with van der Waals surface area (Å²) in [7, 11) is 0. The van der Waals surface area contributed by atoms with Crippen LogP contribution >= 0.6 is 0 Å². The maximum atomic E-state index is 11.7. The van der Waals surface area contributed by atoms with Crippen LogP contribution in [0.3, 0.4) is 0 Å². The molecule has 0 aromatic carbocycles. The van der Waals surface area contributed by atoms with Gasteiger partial charge in [0.15, 0.2) is 0 Å². The van der Waals surface area contributed by atoms with Gasteiger partial charge in [0.2, 0.25) is 5.91 Å². The SMILES string of the molecule is CCC1CCC(CN2CCC(N)C2=O)CC1. The fourth-order valence-electron chi connectivity index (χ4n) is 3.08. The second-order valence-electron chi connectivity index (χ2n) is 5.47. The van der Waals surface area contributed by atoms with Gasteiger partial charge >= 0.3 is 0 Å². The Balaban J connectivity index is 1.77. The molecule has 1 unspecified atom stereocenters. The Morgan fingerprint density at radius 2 is 1.81 bits per heavy atom. The predicted octanol–water partition coefficient (Wildman–Crippen LogP) is 1.76. The number of hydrogen-bond acceptors (Lipinski definition) is 2. The third kappa shape index (κ3) is 2.57. The number of nitrogens with two attached hydrogens (primary N) is 1. The molecule has 1 saturated carbocycles. The number of likely N-dealkylation sites (tertiary alicyclic amines) is 1. The third-order valence-electron chi connectivity index (χ3n) is 4.36. The van der Waals surface area contributed by atoms with Gasteiger partial charge in [0, 0.05) is 13.1 Å². The minimum absolute atomic E-state index is 0.178. The third-order valence-corrected chi connectivity index (χ3v) is 4.36. The van der Waals surface area contributed by atoms with Crippen molar-refractivity contribution in [3.05, 3.63) is 0 Å². The van der Waals surface area contributed by atoms with E-state index in [0.717, 1.165) is 31.3 Å². The second-order valence-corrected chi connectivity index (χ2v) is 5.47. The van der Waals surface area contributed by atoms with Gasteiger partial charge in [-0.05, 0) is 31.1 Å². The van der Waals surface area contributed by atoms with E-state index in [9.17, 15) is 4.79 Å². The zero-order valence-electron chi connectivity index (χ0n) is 10.3. The van der Waals surface area contributed by atoms with Crippen LogP contribution in [0, 0.1) is 11.8 Å². The van der Waals surface area contributed by atoms with Gasteiger partial charge in [-0.15, -0.1) is 0 Å². The van der Waals surface area contributed by atoms with E-state index in [1.165, 1.54) is 32.1 Å². The first-order valence-electron chi connectivity index (χ1n) is 6.75. The molecule has 3 nitrogen and oxygen atoms in total. The molecule has 92 valence electrons. The van der Waals surface area contributed by atoms with E-state index in [1.807, 2.05) is 4.90 Å². The van der Waals surface area contributed by atoms with E-state index >= 15 is 0 Å². The number of carbonyl (C=O) groups excluding carboxylic acids is 1. The van der Waals surface area contributed by atoms with Crippen LogP contribution in [0.4, 0.5) is 0 Å². The molecule has 0 bridgehead atoms. The van der Waals surface area contributed by atoms with Crippen molar-refractivity contribution < 1.29 is 4.79 Å². The van der Waals surface area contributed by atoms with Crippen molar-refractivity contribution in [3.8, 4) is 0 Å². The number of rotatable bonds is 3. The average molecular weight is 224 g/mol. The number of nitrogens with zero attached hydrogens (tertiary/aromatic N) is 1. The van der Waals surface area contributed by atoms with Gasteiger partial charge < -0.3 is 10.6 Å². The molecule has 2 rings (SSSR count). The molecule has 3 heteroatoms. The van der Waals surface area contributed by atoms with Gasteiger partial charge in [0.1, 0.15) is 0 Å².